The highest BCUT2D eigenvalue weighted by Crippen LogP contribution is 2.21. The van der Waals surface area contributed by atoms with E-state index in [1.54, 1.807) is 11.3 Å². The van der Waals surface area contributed by atoms with E-state index in [-0.39, 0.29) is 12.0 Å². The topological polar surface area (TPSA) is 45.2 Å². The first-order valence-electron chi connectivity index (χ1n) is 5.71. The third-order valence-corrected chi connectivity index (χ3v) is 4.12. The maximum atomic E-state index is 10.1. The molecule has 2 unspecified atom stereocenters. The number of hydrogen-bond acceptors (Lipinski definition) is 4. The van der Waals surface area contributed by atoms with Crippen molar-refractivity contribution < 1.29 is 5.11 Å². The average Bonchev–Trinajstić information content (AvgIpc) is 2.61. The van der Waals surface area contributed by atoms with E-state index in [0.29, 0.717) is 6.54 Å². The lowest BCUT2D eigenvalue weighted by Crippen LogP contribution is -2.42. The monoisotopic (exact) mass is 242 g/mol. The van der Waals surface area contributed by atoms with Gasteiger partial charge in [-0.05, 0) is 26.7 Å². The van der Waals surface area contributed by atoms with Crippen molar-refractivity contribution in [1.29, 1.82) is 0 Å². The van der Waals surface area contributed by atoms with Crippen LogP contribution < -0.4 is 5.32 Å². The Kier molecular flexibility index (Phi) is 4.47. The predicted molar refractivity (Wildman–Crippen MR) is 68.7 cm³/mol. The summed E-state index contributed by atoms with van der Waals surface area (Å²) < 4.78 is 0. The minimum absolute atomic E-state index is 0.198. The third kappa shape index (κ3) is 3.54. The van der Waals surface area contributed by atoms with Gasteiger partial charge in [-0.15, -0.1) is 11.3 Å². The van der Waals surface area contributed by atoms with E-state index in [1.807, 2.05) is 27.0 Å². The molecule has 0 radical (unpaired) electrons. The summed E-state index contributed by atoms with van der Waals surface area (Å²) in [5.41, 5.74) is -0.666. The highest BCUT2D eigenvalue weighted by atomic mass is 32.1. The molecule has 4 heteroatoms. The van der Waals surface area contributed by atoms with Crippen molar-refractivity contribution in [2.75, 3.05) is 6.54 Å². The first-order valence-corrected chi connectivity index (χ1v) is 6.52. The Hall–Kier alpha value is -0.450. The highest BCUT2D eigenvalue weighted by Gasteiger charge is 2.25. The second kappa shape index (κ2) is 5.25. The van der Waals surface area contributed by atoms with Crippen LogP contribution in [0.1, 0.15) is 43.6 Å². The van der Waals surface area contributed by atoms with Gasteiger partial charge in [0.25, 0.3) is 0 Å². The second-order valence-electron chi connectivity index (χ2n) is 4.92. The van der Waals surface area contributed by atoms with E-state index in [4.69, 9.17) is 0 Å². The van der Waals surface area contributed by atoms with Crippen molar-refractivity contribution in [3.8, 4) is 0 Å². The van der Waals surface area contributed by atoms with Crippen LogP contribution >= 0.6 is 11.3 Å². The van der Waals surface area contributed by atoms with Gasteiger partial charge in [-0.1, -0.05) is 13.8 Å². The molecule has 0 aromatic carbocycles. The zero-order valence-electron chi connectivity index (χ0n) is 10.7. The summed E-state index contributed by atoms with van der Waals surface area (Å²) in [6.07, 6.45) is 1.89. The van der Waals surface area contributed by atoms with Gasteiger partial charge in [-0.25, -0.2) is 4.98 Å². The van der Waals surface area contributed by atoms with Crippen LogP contribution in [0.5, 0.6) is 0 Å². The van der Waals surface area contributed by atoms with Gasteiger partial charge in [0.05, 0.1) is 11.6 Å². The van der Waals surface area contributed by atoms with Crippen molar-refractivity contribution in [3.63, 3.8) is 0 Å². The lowest BCUT2D eigenvalue weighted by molar-refractivity contribution is 0.0122. The molecule has 0 aliphatic carbocycles. The van der Waals surface area contributed by atoms with Crippen molar-refractivity contribution in [1.82, 2.24) is 10.3 Å². The minimum Gasteiger partial charge on any atom is -0.389 e. The molecule has 0 saturated heterocycles. The van der Waals surface area contributed by atoms with Crippen LogP contribution in [0.25, 0.3) is 0 Å². The number of nitrogens with one attached hydrogen (secondary N) is 1. The van der Waals surface area contributed by atoms with Crippen LogP contribution in [0, 0.1) is 12.8 Å². The molecular formula is C12H22N2OS. The van der Waals surface area contributed by atoms with Crippen LogP contribution in [0.3, 0.4) is 0 Å². The number of aliphatic hydroxyl groups is 1. The molecule has 0 spiro atoms. The van der Waals surface area contributed by atoms with E-state index in [1.165, 1.54) is 4.88 Å². The normalized spacial score (nSPS) is 17.4. The molecular weight excluding hydrogens is 220 g/mol. The highest BCUT2D eigenvalue weighted by molar-refractivity contribution is 7.11. The van der Waals surface area contributed by atoms with Gasteiger partial charge in [-0.2, -0.15) is 0 Å². The number of aryl methyl sites for hydroxylation is 1. The van der Waals surface area contributed by atoms with E-state index >= 15 is 0 Å². The molecule has 16 heavy (non-hydrogen) atoms. The fourth-order valence-corrected chi connectivity index (χ4v) is 2.02. The Balaban J connectivity index is 2.50. The maximum Gasteiger partial charge on any atom is 0.109 e. The summed E-state index contributed by atoms with van der Waals surface area (Å²) in [6.45, 7) is 10.6. The molecule has 2 atom stereocenters. The molecule has 0 aliphatic rings. The Labute approximate surface area is 102 Å². The Morgan fingerprint density at radius 1 is 1.50 bits per heavy atom. The summed E-state index contributed by atoms with van der Waals surface area (Å²) in [6, 6.07) is 0.198. The van der Waals surface area contributed by atoms with E-state index < -0.39 is 5.60 Å². The summed E-state index contributed by atoms with van der Waals surface area (Å²) in [4.78, 5) is 5.56. The maximum absolute atomic E-state index is 10.1. The molecule has 92 valence electrons. The van der Waals surface area contributed by atoms with Gasteiger partial charge in [0.1, 0.15) is 5.01 Å². The van der Waals surface area contributed by atoms with Crippen molar-refractivity contribution >= 4 is 11.3 Å². The van der Waals surface area contributed by atoms with Gasteiger partial charge in [0.15, 0.2) is 0 Å². The second-order valence-corrected chi connectivity index (χ2v) is 6.19. The smallest absolute Gasteiger partial charge is 0.109 e. The molecule has 2 N–H and O–H groups in total. The molecule has 1 aromatic heterocycles. The quantitative estimate of drug-likeness (QED) is 0.834. The van der Waals surface area contributed by atoms with Gasteiger partial charge in [0, 0.05) is 17.6 Å². The van der Waals surface area contributed by atoms with Crippen molar-refractivity contribution in [2.45, 2.75) is 46.3 Å². The largest absolute Gasteiger partial charge is 0.389 e. The minimum atomic E-state index is -0.666. The van der Waals surface area contributed by atoms with E-state index in [0.717, 1.165) is 5.01 Å². The Morgan fingerprint density at radius 2 is 2.12 bits per heavy atom. The molecule has 0 aliphatic heterocycles. The van der Waals surface area contributed by atoms with Crippen LogP contribution in [0.4, 0.5) is 0 Å². The fourth-order valence-electron chi connectivity index (χ4n) is 1.22. The number of aromatic nitrogens is 1. The van der Waals surface area contributed by atoms with Gasteiger partial charge in [-0.3, -0.25) is 0 Å². The Morgan fingerprint density at radius 3 is 2.56 bits per heavy atom. The Bertz CT molecular complexity index is 334. The molecule has 0 amide bonds. The van der Waals surface area contributed by atoms with Crippen molar-refractivity contribution in [2.24, 2.45) is 5.92 Å². The fraction of sp³-hybridized carbons (Fsp3) is 0.750. The van der Waals surface area contributed by atoms with Gasteiger partial charge in [0.2, 0.25) is 0 Å². The summed E-state index contributed by atoms with van der Waals surface area (Å²) in [7, 11) is 0. The number of hydrogen-bond donors (Lipinski definition) is 2. The summed E-state index contributed by atoms with van der Waals surface area (Å²) in [5.74, 6) is 0.241. The van der Waals surface area contributed by atoms with Gasteiger partial charge >= 0.3 is 0 Å². The lowest BCUT2D eigenvalue weighted by Gasteiger charge is -2.29. The zero-order valence-corrected chi connectivity index (χ0v) is 11.6. The first kappa shape index (κ1) is 13.6. The lowest BCUT2D eigenvalue weighted by atomic mass is 9.92. The molecule has 0 fully saturated rings. The molecule has 1 rings (SSSR count). The van der Waals surface area contributed by atoms with Gasteiger partial charge < -0.3 is 10.4 Å². The zero-order chi connectivity index (χ0) is 12.3. The molecule has 0 saturated carbocycles. The number of rotatable bonds is 5. The van der Waals surface area contributed by atoms with E-state index in [9.17, 15) is 5.11 Å². The molecule has 1 heterocycles. The molecule has 0 bridgehead atoms. The first-order chi connectivity index (χ1) is 7.33. The summed E-state index contributed by atoms with van der Waals surface area (Å²) >= 11 is 1.70. The average molecular weight is 242 g/mol. The number of thiazole rings is 1. The number of nitrogens with zero attached hydrogens (tertiary/aromatic N) is 1. The van der Waals surface area contributed by atoms with Crippen LogP contribution in [0.2, 0.25) is 0 Å². The predicted octanol–water partition coefficient (Wildman–Crippen LogP) is 2.51. The SMILES string of the molecule is Cc1cnc(C(C)NCC(C)(O)C(C)C)s1. The van der Waals surface area contributed by atoms with Crippen LogP contribution in [-0.2, 0) is 0 Å². The van der Waals surface area contributed by atoms with Crippen LogP contribution in [-0.4, -0.2) is 22.2 Å². The van der Waals surface area contributed by atoms with E-state index in [2.05, 4.69) is 24.1 Å². The van der Waals surface area contributed by atoms with Crippen LogP contribution in [0.15, 0.2) is 6.20 Å². The molecule has 1 aromatic rings. The standard InChI is InChI=1S/C12H22N2OS/c1-8(2)12(5,15)7-14-10(4)11-13-6-9(3)16-11/h6,8,10,14-15H,7H2,1-5H3. The summed E-state index contributed by atoms with van der Waals surface area (Å²) in [5, 5.41) is 14.5. The molecule has 3 nitrogen and oxygen atoms in total. The van der Waals surface area contributed by atoms with Crippen molar-refractivity contribution in [3.05, 3.63) is 16.1 Å². The third-order valence-electron chi connectivity index (χ3n) is 3.02.